The van der Waals surface area contributed by atoms with Gasteiger partial charge in [0.25, 0.3) is 0 Å². The zero-order valence-corrected chi connectivity index (χ0v) is 18.0. The molecule has 31 heavy (non-hydrogen) atoms. The zero-order valence-electron chi connectivity index (χ0n) is 18.0. The van der Waals surface area contributed by atoms with Gasteiger partial charge >= 0.3 is 0 Å². The van der Waals surface area contributed by atoms with Crippen LogP contribution in [0.2, 0.25) is 0 Å². The summed E-state index contributed by atoms with van der Waals surface area (Å²) >= 11 is 0. The van der Waals surface area contributed by atoms with Crippen molar-refractivity contribution in [3.63, 3.8) is 0 Å². The van der Waals surface area contributed by atoms with Gasteiger partial charge in [-0.1, -0.05) is 31.2 Å². The SMILES string of the molecule is Cc1[nH]nnc1-c1ccnc(-c2cn(C[C@H]3CCOc4ccc(C(C)C)cc43)cn2)c1. The summed E-state index contributed by atoms with van der Waals surface area (Å²) in [6.45, 7) is 8.03. The Morgan fingerprint density at radius 1 is 1.16 bits per heavy atom. The fraction of sp³-hybridized carbons (Fsp3) is 0.333. The maximum atomic E-state index is 5.91. The first kappa shape index (κ1) is 19.5. The molecule has 4 heterocycles. The molecule has 0 amide bonds. The van der Waals surface area contributed by atoms with Crippen LogP contribution in [0.3, 0.4) is 0 Å². The van der Waals surface area contributed by atoms with Gasteiger partial charge < -0.3 is 9.30 Å². The van der Waals surface area contributed by atoms with E-state index in [0.717, 1.165) is 53.7 Å². The third-order valence-corrected chi connectivity index (χ3v) is 5.95. The molecule has 5 rings (SSSR count). The minimum absolute atomic E-state index is 0.404. The summed E-state index contributed by atoms with van der Waals surface area (Å²) in [6.07, 6.45) is 6.76. The van der Waals surface area contributed by atoms with Crippen LogP contribution in [0.5, 0.6) is 5.75 Å². The lowest BCUT2D eigenvalue weighted by molar-refractivity contribution is 0.258. The summed E-state index contributed by atoms with van der Waals surface area (Å²) in [4.78, 5) is 9.15. The molecule has 0 spiro atoms. The first-order valence-corrected chi connectivity index (χ1v) is 10.7. The monoisotopic (exact) mass is 414 g/mol. The Bertz CT molecular complexity index is 1210. The second-order valence-corrected chi connectivity index (χ2v) is 8.46. The van der Waals surface area contributed by atoms with Gasteiger partial charge in [-0.25, -0.2) is 4.98 Å². The first-order valence-electron chi connectivity index (χ1n) is 10.7. The number of nitrogens with zero attached hydrogens (tertiary/aromatic N) is 5. The molecule has 0 bridgehead atoms. The molecule has 0 aliphatic carbocycles. The van der Waals surface area contributed by atoms with Crippen molar-refractivity contribution in [3.8, 4) is 28.4 Å². The highest BCUT2D eigenvalue weighted by atomic mass is 16.5. The van der Waals surface area contributed by atoms with Crippen molar-refractivity contribution in [1.29, 1.82) is 0 Å². The predicted octanol–water partition coefficient (Wildman–Crippen LogP) is 4.73. The minimum atomic E-state index is 0.404. The van der Waals surface area contributed by atoms with E-state index in [-0.39, 0.29) is 0 Å². The van der Waals surface area contributed by atoms with E-state index in [4.69, 9.17) is 4.74 Å². The van der Waals surface area contributed by atoms with Crippen LogP contribution >= 0.6 is 0 Å². The fourth-order valence-corrected chi connectivity index (χ4v) is 4.15. The number of fused-ring (bicyclic) bond motifs is 1. The average molecular weight is 415 g/mol. The van der Waals surface area contributed by atoms with Crippen molar-refractivity contribution in [1.82, 2.24) is 29.9 Å². The second-order valence-electron chi connectivity index (χ2n) is 8.46. The number of aromatic amines is 1. The van der Waals surface area contributed by atoms with Crippen molar-refractivity contribution in [2.45, 2.75) is 45.6 Å². The molecule has 7 nitrogen and oxygen atoms in total. The van der Waals surface area contributed by atoms with E-state index in [1.165, 1.54) is 11.1 Å². The van der Waals surface area contributed by atoms with Crippen LogP contribution in [0.15, 0.2) is 49.1 Å². The second kappa shape index (κ2) is 7.98. The van der Waals surface area contributed by atoms with Crippen LogP contribution in [0.4, 0.5) is 0 Å². The van der Waals surface area contributed by atoms with E-state index in [1.807, 2.05) is 25.4 Å². The molecule has 7 heteroatoms. The number of benzene rings is 1. The lowest BCUT2D eigenvalue weighted by Gasteiger charge is -2.27. The van der Waals surface area contributed by atoms with Crippen LogP contribution in [-0.2, 0) is 6.54 Å². The Hall–Kier alpha value is -3.48. The van der Waals surface area contributed by atoms with Crippen LogP contribution in [-0.4, -0.2) is 36.6 Å². The standard InChI is InChI=1S/C24H26N6O/c1-15(2)17-4-5-23-20(10-17)19(7-9-31-23)12-30-13-22(26-14-30)21-11-18(6-8-25-21)24-16(3)27-29-28-24/h4-6,8,10-11,13-15,19H,7,9,12H2,1-3H3,(H,27,28,29)/t19-/m1/s1. The van der Waals surface area contributed by atoms with Crippen LogP contribution < -0.4 is 4.74 Å². The summed E-state index contributed by atoms with van der Waals surface area (Å²) in [6, 6.07) is 10.6. The molecule has 4 aromatic rings. The number of nitrogens with one attached hydrogen (secondary N) is 1. The molecule has 1 N–H and O–H groups in total. The molecule has 1 aliphatic heterocycles. The number of aromatic nitrogens is 6. The molecule has 1 atom stereocenters. The van der Waals surface area contributed by atoms with Gasteiger partial charge in [-0.2, -0.15) is 0 Å². The average Bonchev–Trinajstić information content (AvgIpc) is 3.43. The molecule has 0 fully saturated rings. The van der Waals surface area contributed by atoms with E-state index < -0.39 is 0 Å². The van der Waals surface area contributed by atoms with Crippen molar-refractivity contribution in [2.75, 3.05) is 6.61 Å². The quantitative estimate of drug-likeness (QED) is 0.511. The van der Waals surface area contributed by atoms with Gasteiger partial charge in [0.1, 0.15) is 17.1 Å². The van der Waals surface area contributed by atoms with Crippen molar-refractivity contribution in [2.24, 2.45) is 0 Å². The van der Waals surface area contributed by atoms with E-state index in [9.17, 15) is 0 Å². The minimum Gasteiger partial charge on any atom is -0.493 e. The molecular formula is C24H26N6O. The number of pyridine rings is 1. The molecular weight excluding hydrogens is 388 g/mol. The number of H-pyrrole nitrogens is 1. The smallest absolute Gasteiger partial charge is 0.122 e. The van der Waals surface area contributed by atoms with Gasteiger partial charge in [0.05, 0.1) is 24.3 Å². The van der Waals surface area contributed by atoms with Crippen molar-refractivity contribution < 1.29 is 4.74 Å². The summed E-state index contributed by atoms with van der Waals surface area (Å²) in [5, 5.41) is 10.9. The first-order chi connectivity index (χ1) is 15.1. The van der Waals surface area contributed by atoms with Crippen LogP contribution in [0.1, 0.15) is 48.9 Å². The maximum Gasteiger partial charge on any atom is 0.122 e. The number of hydrogen-bond acceptors (Lipinski definition) is 5. The predicted molar refractivity (Wildman–Crippen MR) is 119 cm³/mol. The zero-order chi connectivity index (χ0) is 21.4. The molecule has 1 aliphatic rings. The maximum absolute atomic E-state index is 5.91. The number of rotatable bonds is 5. The lowest BCUT2D eigenvalue weighted by Crippen LogP contribution is -2.18. The van der Waals surface area contributed by atoms with Gasteiger partial charge in [0.2, 0.25) is 0 Å². The molecule has 0 radical (unpaired) electrons. The summed E-state index contributed by atoms with van der Waals surface area (Å²) in [5.41, 5.74) is 7.08. The van der Waals surface area contributed by atoms with E-state index in [0.29, 0.717) is 11.8 Å². The number of aryl methyl sites for hydroxylation is 1. The third-order valence-electron chi connectivity index (χ3n) is 5.95. The Labute approximate surface area is 181 Å². The van der Waals surface area contributed by atoms with Gasteiger partial charge in [0.15, 0.2) is 0 Å². The number of hydrogen-bond donors (Lipinski definition) is 1. The molecule has 158 valence electrons. The lowest BCUT2D eigenvalue weighted by atomic mass is 9.89. The van der Waals surface area contributed by atoms with E-state index in [1.54, 1.807) is 6.20 Å². The number of imidazole rings is 1. The van der Waals surface area contributed by atoms with Gasteiger partial charge in [-0.05, 0) is 48.6 Å². The third kappa shape index (κ3) is 3.83. The molecule has 0 saturated heterocycles. The Balaban J connectivity index is 1.39. The molecule has 3 aromatic heterocycles. The summed E-state index contributed by atoms with van der Waals surface area (Å²) in [7, 11) is 0. The highest BCUT2D eigenvalue weighted by molar-refractivity contribution is 5.67. The van der Waals surface area contributed by atoms with Gasteiger partial charge in [0, 0.05) is 30.4 Å². The van der Waals surface area contributed by atoms with Crippen molar-refractivity contribution >= 4 is 0 Å². The van der Waals surface area contributed by atoms with Crippen LogP contribution in [0, 0.1) is 6.92 Å². The van der Waals surface area contributed by atoms with E-state index >= 15 is 0 Å². The highest BCUT2D eigenvalue weighted by Crippen LogP contribution is 2.37. The summed E-state index contributed by atoms with van der Waals surface area (Å²) in [5.74, 6) is 1.92. The number of ether oxygens (including phenoxy) is 1. The summed E-state index contributed by atoms with van der Waals surface area (Å²) < 4.78 is 8.07. The van der Waals surface area contributed by atoms with E-state index in [2.05, 4.69) is 68.2 Å². The highest BCUT2D eigenvalue weighted by Gasteiger charge is 2.23. The Morgan fingerprint density at radius 2 is 2.06 bits per heavy atom. The molecule has 0 unspecified atom stereocenters. The van der Waals surface area contributed by atoms with Gasteiger partial charge in [-0.3, -0.25) is 10.1 Å². The topological polar surface area (TPSA) is 81.5 Å². The van der Waals surface area contributed by atoms with Gasteiger partial charge in [-0.15, -0.1) is 5.10 Å². The Morgan fingerprint density at radius 3 is 2.87 bits per heavy atom. The largest absolute Gasteiger partial charge is 0.493 e. The molecule has 1 aromatic carbocycles. The van der Waals surface area contributed by atoms with Crippen LogP contribution in [0.25, 0.3) is 22.6 Å². The normalized spacial score (nSPS) is 15.7. The molecule has 0 saturated carbocycles. The fourth-order valence-electron chi connectivity index (χ4n) is 4.15. The Kier molecular flexibility index (Phi) is 5.02. The van der Waals surface area contributed by atoms with Crippen molar-refractivity contribution in [3.05, 3.63) is 65.9 Å².